The lowest BCUT2D eigenvalue weighted by Crippen LogP contribution is -2.11. The summed E-state index contributed by atoms with van der Waals surface area (Å²) in [6, 6.07) is 7.85. The van der Waals surface area contributed by atoms with E-state index >= 15 is 0 Å². The van der Waals surface area contributed by atoms with Crippen LogP contribution < -0.4 is 5.32 Å². The Kier molecular flexibility index (Phi) is 5.49. The van der Waals surface area contributed by atoms with Crippen molar-refractivity contribution in [1.82, 2.24) is 30.1 Å². The van der Waals surface area contributed by atoms with Crippen LogP contribution in [-0.2, 0) is 4.79 Å². The molecular weight excluding hydrogens is 454 g/mol. The van der Waals surface area contributed by atoms with Crippen molar-refractivity contribution in [2.24, 2.45) is 0 Å². The van der Waals surface area contributed by atoms with Gasteiger partial charge in [0.15, 0.2) is 0 Å². The molecule has 0 saturated carbocycles. The van der Waals surface area contributed by atoms with Crippen LogP contribution in [0.15, 0.2) is 72.2 Å². The average molecular weight is 478 g/mol. The van der Waals surface area contributed by atoms with E-state index in [1.54, 1.807) is 37.3 Å². The summed E-state index contributed by atoms with van der Waals surface area (Å²) >= 11 is 0. The highest BCUT2D eigenvalue weighted by Crippen LogP contribution is 2.34. The van der Waals surface area contributed by atoms with Gasteiger partial charge in [-0.05, 0) is 30.7 Å². The molecule has 6 rings (SSSR count). The highest BCUT2D eigenvalue weighted by atomic mass is 16.3. The molecule has 0 atom stereocenters. The molecule has 36 heavy (non-hydrogen) atoms. The molecule has 9 heteroatoms. The number of aromatic nitrogens is 6. The lowest BCUT2D eigenvalue weighted by atomic mass is 10.1. The number of furan rings is 1. The molecule has 3 N–H and O–H groups in total. The van der Waals surface area contributed by atoms with Crippen LogP contribution in [0.4, 0.5) is 5.69 Å². The molecule has 0 radical (unpaired) electrons. The Hall–Kier alpha value is -4.79. The maximum absolute atomic E-state index is 12.2. The van der Waals surface area contributed by atoms with E-state index in [-0.39, 0.29) is 5.91 Å². The van der Waals surface area contributed by atoms with Gasteiger partial charge < -0.3 is 14.7 Å². The summed E-state index contributed by atoms with van der Waals surface area (Å²) in [6.07, 6.45) is 14.4. The number of aromatic amines is 2. The average Bonchev–Trinajstić information content (AvgIpc) is 3.66. The fourth-order valence-corrected chi connectivity index (χ4v) is 4.32. The number of nitrogens with zero attached hydrogens (tertiary/aromatic N) is 4. The summed E-state index contributed by atoms with van der Waals surface area (Å²) in [6.45, 7) is 2.06. The monoisotopic (exact) mass is 477 g/mol. The molecule has 0 spiro atoms. The van der Waals surface area contributed by atoms with Crippen molar-refractivity contribution in [1.29, 1.82) is 0 Å². The van der Waals surface area contributed by atoms with Gasteiger partial charge in [0.25, 0.3) is 0 Å². The summed E-state index contributed by atoms with van der Waals surface area (Å²) in [7, 11) is 0. The van der Waals surface area contributed by atoms with Gasteiger partial charge in [-0.15, -0.1) is 0 Å². The molecule has 1 amide bonds. The van der Waals surface area contributed by atoms with E-state index in [0.29, 0.717) is 12.1 Å². The first-order valence-electron chi connectivity index (χ1n) is 11.8. The molecule has 0 saturated heterocycles. The Labute approximate surface area is 206 Å². The van der Waals surface area contributed by atoms with Gasteiger partial charge in [0, 0.05) is 46.3 Å². The molecule has 9 nitrogen and oxygen atoms in total. The normalized spacial score (nSPS) is 11.4. The molecule has 178 valence electrons. The van der Waals surface area contributed by atoms with Crippen LogP contribution in [0, 0.1) is 0 Å². The third-order valence-corrected chi connectivity index (χ3v) is 6.16. The fraction of sp³-hybridized carbons (Fsp3) is 0.148. The van der Waals surface area contributed by atoms with Crippen molar-refractivity contribution in [3.8, 4) is 33.8 Å². The van der Waals surface area contributed by atoms with Crippen LogP contribution in [0.5, 0.6) is 0 Å². The first-order chi connectivity index (χ1) is 17.7. The first kappa shape index (κ1) is 21.7. The lowest BCUT2D eigenvalue weighted by Gasteiger charge is -2.07. The van der Waals surface area contributed by atoms with Crippen LogP contribution >= 0.6 is 0 Å². The molecule has 0 unspecified atom stereocenters. The number of amides is 1. The number of pyridine rings is 3. The van der Waals surface area contributed by atoms with Gasteiger partial charge in [-0.2, -0.15) is 5.10 Å². The predicted octanol–water partition coefficient (Wildman–Crippen LogP) is 5.95. The summed E-state index contributed by atoms with van der Waals surface area (Å²) < 4.78 is 5.27. The number of unbranched alkanes of at least 4 members (excludes halogenated alkanes) is 1. The molecule has 0 aliphatic carbocycles. The number of hydrogen-bond acceptors (Lipinski definition) is 6. The van der Waals surface area contributed by atoms with Crippen LogP contribution in [0.1, 0.15) is 26.2 Å². The largest absolute Gasteiger partial charge is 0.472 e. The Morgan fingerprint density at radius 3 is 2.78 bits per heavy atom. The van der Waals surface area contributed by atoms with E-state index in [4.69, 9.17) is 4.42 Å². The zero-order valence-corrected chi connectivity index (χ0v) is 19.6. The Balaban J connectivity index is 1.37. The molecule has 0 aliphatic heterocycles. The van der Waals surface area contributed by atoms with Gasteiger partial charge in [-0.1, -0.05) is 13.3 Å². The second-order valence-electron chi connectivity index (χ2n) is 8.64. The first-order valence-corrected chi connectivity index (χ1v) is 11.8. The highest BCUT2D eigenvalue weighted by molar-refractivity contribution is 6.01. The van der Waals surface area contributed by atoms with Gasteiger partial charge in [0.2, 0.25) is 5.91 Å². The van der Waals surface area contributed by atoms with Crippen LogP contribution in [0.2, 0.25) is 0 Å². The standard InChI is InChI=1S/C27H23N7O2/c1-2-3-4-26(35)31-18-7-17(10-28-11-18)22-9-20-25(14-30-22)33-34-27(20)23-8-19-21(16-5-6-36-15-16)12-29-13-24(19)32-23/h5-15,32H,2-4H2,1H3,(H,31,35)(H,33,34). The predicted molar refractivity (Wildman–Crippen MR) is 138 cm³/mol. The van der Waals surface area contributed by atoms with Gasteiger partial charge >= 0.3 is 0 Å². The van der Waals surface area contributed by atoms with Crippen molar-refractivity contribution in [3.05, 3.63) is 67.8 Å². The van der Waals surface area contributed by atoms with Gasteiger partial charge in [0.05, 0.1) is 59.2 Å². The number of fused-ring (bicyclic) bond motifs is 2. The van der Waals surface area contributed by atoms with Crippen LogP contribution in [-0.4, -0.2) is 36.0 Å². The highest BCUT2D eigenvalue weighted by Gasteiger charge is 2.16. The lowest BCUT2D eigenvalue weighted by molar-refractivity contribution is -0.116. The smallest absolute Gasteiger partial charge is 0.224 e. The van der Waals surface area contributed by atoms with Crippen LogP contribution in [0.3, 0.4) is 0 Å². The van der Waals surface area contributed by atoms with Crippen molar-refractivity contribution < 1.29 is 9.21 Å². The van der Waals surface area contributed by atoms with Gasteiger partial charge in [-0.25, -0.2) is 0 Å². The number of H-pyrrole nitrogens is 2. The zero-order chi connectivity index (χ0) is 24.5. The maximum atomic E-state index is 12.2. The summed E-state index contributed by atoms with van der Waals surface area (Å²) in [5.74, 6) is -0.0144. The van der Waals surface area contributed by atoms with E-state index in [1.807, 2.05) is 24.4 Å². The number of rotatable bonds is 7. The summed E-state index contributed by atoms with van der Waals surface area (Å²) in [5, 5.41) is 12.5. The van der Waals surface area contributed by atoms with Crippen molar-refractivity contribution in [2.75, 3.05) is 5.32 Å². The third-order valence-electron chi connectivity index (χ3n) is 6.16. The minimum absolute atomic E-state index is 0.0144. The molecule has 0 aliphatic rings. The number of anilines is 1. The number of carbonyl (C=O) groups is 1. The molecule has 6 aromatic rings. The molecule has 0 aromatic carbocycles. The SMILES string of the molecule is CCCCC(=O)Nc1cncc(-c2cc3c(-c4cc5c(-c6ccoc6)cncc5[nH]4)n[nH]c3cn2)c1. The molecular formula is C27H23N7O2. The Bertz CT molecular complexity index is 1680. The molecule has 6 aromatic heterocycles. The topological polar surface area (TPSA) is 125 Å². The van der Waals surface area contributed by atoms with E-state index in [0.717, 1.165) is 68.4 Å². The Morgan fingerprint density at radius 2 is 1.92 bits per heavy atom. The number of carbonyl (C=O) groups excluding carboxylic acids is 1. The van der Waals surface area contributed by atoms with Gasteiger partial charge in [-0.3, -0.25) is 24.8 Å². The molecule has 6 heterocycles. The van der Waals surface area contributed by atoms with Crippen molar-refractivity contribution in [3.63, 3.8) is 0 Å². The minimum Gasteiger partial charge on any atom is -0.472 e. The van der Waals surface area contributed by atoms with Crippen LogP contribution in [0.25, 0.3) is 55.6 Å². The van der Waals surface area contributed by atoms with E-state index in [1.165, 1.54) is 0 Å². The van der Waals surface area contributed by atoms with Gasteiger partial charge in [0.1, 0.15) is 5.69 Å². The van der Waals surface area contributed by atoms with Crippen molar-refractivity contribution >= 4 is 33.4 Å². The number of hydrogen-bond donors (Lipinski definition) is 3. The van der Waals surface area contributed by atoms with E-state index in [2.05, 4.69) is 48.4 Å². The number of nitrogens with one attached hydrogen (secondary N) is 3. The second kappa shape index (κ2) is 9.10. The second-order valence-corrected chi connectivity index (χ2v) is 8.64. The third kappa shape index (κ3) is 4.00. The summed E-state index contributed by atoms with van der Waals surface area (Å²) in [5.41, 5.74) is 7.50. The van der Waals surface area contributed by atoms with E-state index in [9.17, 15) is 4.79 Å². The van der Waals surface area contributed by atoms with Crippen molar-refractivity contribution in [2.45, 2.75) is 26.2 Å². The van der Waals surface area contributed by atoms with E-state index < -0.39 is 0 Å². The molecule has 0 bridgehead atoms. The maximum Gasteiger partial charge on any atom is 0.224 e. The fourth-order valence-electron chi connectivity index (χ4n) is 4.32. The Morgan fingerprint density at radius 1 is 1.00 bits per heavy atom. The minimum atomic E-state index is -0.0144. The summed E-state index contributed by atoms with van der Waals surface area (Å²) in [4.78, 5) is 28.9. The molecule has 0 fully saturated rings. The zero-order valence-electron chi connectivity index (χ0n) is 19.6. The quantitative estimate of drug-likeness (QED) is 0.261.